The summed E-state index contributed by atoms with van der Waals surface area (Å²) in [6.45, 7) is 13.2. The summed E-state index contributed by atoms with van der Waals surface area (Å²) in [5.74, 6) is 0.697. The van der Waals surface area contributed by atoms with Crippen molar-refractivity contribution < 1.29 is 9.53 Å². The third-order valence-electron chi connectivity index (χ3n) is 4.01. The summed E-state index contributed by atoms with van der Waals surface area (Å²) in [4.78, 5) is 18.9. The van der Waals surface area contributed by atoms with E-state index >= 15 is 0 Å². The van der Waals surface area contributed by atoms with Crippen molar-refractivity contribution in [1.82, 2.24) is 30.6 Å². The zero-order chi connectivity index (χ0) is 22.2. The van der Waals surface area contributed by atoms with Crippen LogP contribution in [0.3, 0.4) is 0 Å². The predicted molar refractivity (Wildman–Crippen MR) is 132 cm³/mol. The number of guanidine groups is 1. The van der Waals surface area contributed by atoms with Gasteiger partial charge >= 0.3 is 6.09 Å². The second kappa shape index (κ2) is 12.3. The molecule has 1 unspecified atom stereocenters. The molecule has 3 N–H and O–H groups in total. The monoisotopic (exact) mass is 537 g/mol. The van der Waals surface area contributed by atoms with Crippen molar-refractivity contribution in [2.24, 2.45) is 12.0 Å². The molecule has 0 aromatic carbocycles. The first-order valence-electron chi connectivity index (χ1n) is 10.0. The van der Waals surface area contributed by atoms with Crippen molar-refractivity contribution >= 4 is 36.0 Å². The molecule has 1 atom stereocenters. The standard InChI is InChI=1S/C20H39N7O2.HI/c1-10-21-17(22-12-16(26(7)8)15-11-24-27(9)13-15)23-14-20(5,6)25-18(28)29-19(2,3)4;/h11,13,16H,10,12,14H2,1-9H3,(H,25,28)(H2,21,22,23);1H. The van der Waals surface area contributed by atoms with Crippen LogP contribution in [0.1, 0.15) is 53.1 Å². The average molecular weight is 537 g/mol. The smallest absolute Gasteiger partial charge is 0.408 e. The Labute approximate surface area is 198 Å². The van der Waals surface area contributed by atoms with E-state index in [0.717, 1.165) is 12.1 Å². The predicted octanol–water partition coefficient (Wildman–Crippen LogP) is 2.50. The van der Waals surface area contributed by atoms with Gasteiger partial charge < -0.3 is 25.6 Å². The van der Waals surface area contributed by atoms with E-state index in [1.54, 1.807) is 4.68 Å². The van der Waals surface area contributed by atoms with Gasteiger partial charge in [0.25, 0.3) is 0 Å². The normalized spacial score (nSPS) is 13.5. The number of ether oxygens (including phenoxy) is 1. The Bertz CT molecular complexity index is 681. The van der Waals surface area contributed by atoms with E-state index in [2.05, 4.69) is 30.9 Å². The number of alkyl carbamates (subject to hydrolysis) is 1. The molecular formula is C20H40IN7O2. The fraction of sp³-hybridized carbons (Fsp3) is 0.750. The Hall–Kier alpha value is -1.56. The first-order valence-corrected chi connectivity index (χ1v) is 10.0. The first kappa shape index (κ1) is 28.4. The summed E-state index contributed by atoms with van der Waals surface area (Å²) < 4.78 is 7.14. The SMILES string of the molecule is CCNC(=NCC(C)(C)NC(=O)OC(C)(C)C)NCC(c1cnn(C)c1)N(C)C.I. The number of carbonyl (C=O) groups excluding carboxylic acids is 1. The summed E-state index contributed by atoms with van der Waals surface area (Å²) in [5, 5.41) is 13.8. The van der Waals surface area contributed by atoms with Crippen molar-refractivity contribution in [2.75, 3.05) is 33.7 Å². The molecule has 0 fully saturated rings. The van der Waals surface area contributed by atoms with Gasteiger partial charge in [0.05, 0.1) is 24.3 Å². The van der Waals surface area contributed by atoms with Gasteiger partial charge in [0.1, 0.15) is 5.60 Å². The number of rotatable bonds is 8. The van der Waals surface area contributed by atoms with Gasteiger partial charge in [-0.25, -0.2) is 4.79 Å². The summed E-state index contributed by atoms with van der Waals surface area (Å²) in [6.07, 6.45) is 3.45. The molecule has 10 heteroatoms. The molecule has 1 aromatic heterocycles. The molecule has 1 amide bonds. The lowest BCUT2D eigenvalue weighted by Crippen LogP contribution is -2.49. The van der Waals surface area contributed by atoms with E-state index < -0.39 is 17.2 Å². The molecule has 0 aliphatic carbocycles. The number of nitrogens with one attached hydrogen (secondary N) is 3. The van der Waals surface area contributed by atoms with Crippen LogP contribution >= 0.6 is 24.0 Å². The van der Waals surface area contributed by atoms with Crippen molar-refractivity contribution in [3.63, 3.8) is 0 Å². The van der Waals surface area contributed by atoms with Gasteiger partial charge in [-0.05, 0) is 55.6 Å². The van der Waals surface area contributed by atoms with Gasteiger partial charge in [0, 0.05) is 31.9 Å². The van der Waals surface area contributed by atoms with Crippen LogP contribution in [-0.2, 0) is 11.8 Å². The van der Waals surface area contributed by atoms with E-state index in [1.807, 2.05) is 75.1 Å². The van der Waals surface area contributed by atoms with Crippen LogP contribution in [0.15, 0.2) is 17.4 Å². The van der Waals surface area contributed by atoms with Crippen molar-refractivity contribution in [3.05, 3.63) is 18.0 Å². The molecule has 1 heterocycles. The molecule has 0 saturated heterocycles. The molecule has 30 heavy (non-hydrogen) atoms. The fourth-order valence-corrected chi connectivity index (χ4v) is 2.64. The Kier molecular flexibility index (Phi) is 11.7. The van der Waals surface area contributed by atoms with Crippen LogP contribution in [-0.4, -0.2) is 71.6 Å². The zero-order valence-corrected chi connectivity index (χ0v) is 22.2. The minimum absolute atomic E-state index is 0. The largest absolute Gasteiger partial charge is 0.444 e. The third-order valence-corrected chi connectivity index (χ3v) is 4.01. The summed E-state index contributed by atoms with van der Waals surface area (Å²) >= 11 is 0. The van der Waals surface area contributed by atoms with Crippen LogP contribution in [0.5, 0.6) is 0 Å². The van der Waals surface area contributed by atoms with Crippen LogP contribution in [0.4, 0.5) is 4.79 Å². The first-order chi connectivity index (χ1) is 13.3. The van der Waals surface area contributed by atoms with E-state index in [-0.39, 0.29) is 30.0 Å². The minimum Gasteiger partial charge on any atom is -0.444 e. The molecule has 0 aliphatic heterocycles. The molecule has 0 spiro atoms. The number of halogens is 1. The lowest BCUT2D eigenvalue weighted by Gasteiger charge is -2.28. The van der Waals surface area contributed by atoms with E-state index in [0.29, 0.717) is 19.0 Å². The van der Waals surface area contributed by atoms with E-state index in [4.69, 9.17) is 4.74 Å². The quantitative estimate of drug-likeness (QED) is 0.268. The highest BCUT2D eigenvalue weighted by Gasteiger charge is 2.24. The number of hydrogen-bond acceptors (Lipinski definition) is 5. The lowest BCUT2D eigenvalue weighted by molar-refractivity contribution is 0.0476. The van der Waals surface area contributed by atoms with Crippen molar-refractivity contribution in [2.45, 2.75) is 58.7 Å². The highest BCUT2D eigenvalue weighted by Crippen LogP contribution is 2.16. The molecule has 0 saturated carbocycles. The van der Waals surface area contributed by atoms with Crippen LogP contribution in [0.2, 0.25) is 0 Å². The Morgan fingerprint density at radius 1 is 1.27 bits per heavy atom. The lowest BCUT2D eigenvalue weighted by atomic mass is 10.1. The molecule has 0 bridgehead atoms. The maximum Gasteiger partial charge on any atom is 0.408 e. The van der Waals surface area contributed by atoms with Crippen LogP contribution in [0.25, 0.3) is 0 Å². The van der Waals surface area contributed by atoms with E-state index in [9.17, 15) is 4.79 Å². The molecule has 0 radical (unpaired) electrons. The second-order valence-electron chi connectivity index (χ2n) is 9.01. The summed E-state index contributed by atoms with van der Waals surface area (Å²) in [5.41, 5.74) is 0.0512. The van der Waals surface area contributed by atoms with Crippen molar-refractivity contribution in [1.29, 1.82) is 0 Å². The Balaban J connectivity index is 0.00000841. The molecule has 9 nitrogen and oxygen atoms in total. The summed E-state index contributed by atoms with van der Waals surface area (Å²) in [7, 11) is 5.99. The van der Waals surface area contributed by atoms with Crippen LogP contribution < -0.4 is 16.0 Å². The van der Waals surface area contributed by atoms with Gasteiger partial charge in [-0.3, -0.25) is 9.67 Å². The highest BCUT2D eigenvalue weighted by molar-refractivity contribution is 14.0. The zero-order valence-electron chi connectivity index (χ0n) is 19.9. The van der Waals surface area contributed by atoms with Gasteiger partial charge in [-0.15, -0.1) is 24.0 Å². The maximum atomic E-state index is 12.1. The highest BCUT2D eigenvalue weighted by atomic mass is 127. The molecule has 174 valence electrons. The Morgan fingerprint density at radius 3 is 2.37 bits per heavy atom. The molecule has 0 aliphatic rings. The van der Waals surface area contributed by atoms with Gasteiger partial charge in [0.2, 0.25) is 0 Å². The summed E-state index contributed by atoms with van der Waals surface area (Å²) in [6, 6.07) is 0.153. The number of amides is 1. The maximum absolute atomic E-state index is 12.1. The topological polar surface area (TPSA) is 95.8 Å². The Morgan fingerprint density at radius 2 is 1.90 bits per heavy atom. The third kappa shape index (κ3) is 11.0. The molecule has 1 aromatic rings. The average Bonchev–Trinajstić information content (AvgIpc) is 2.96. The fourth-order valence-electron chi connectivity index (χ4n) is 2.64. The number of aromatic nitrogens is 2. The van der Waals surface area contributed by atoms with Gasteiger partial charge in [-0.1, -0.05) is 0 Å². The number of hydrogen-bond donors (Lipinski definition) is 3. The van der Waals surface area contributed by atoms with Gasteiger partial charge in [0.15, 0.2) is 5.96 Å². The number of aryl methyl sites for hydroxylation is 1. The second-order valence-corrected chi connectivity index (χ2v) is 9.01. The van der Waals surface area contributed by atoms with Crippen molar-refractivity contribution in [3.8, 4) is 0 Å². The number of carbonyl (C=O) groups is 1. The minimum atomic E-state index is -0.547. The number of likely N-dealkylation sites (N-methyl/N-ethyl adjacent to an activating group) is 1. The van der Waals surface area contributed by atoms with E-state index in [1.165, 1.54) is 0 Å². The molecular weight excluding hydrogens is 497 g/mol. The van der Waals surface area contributed by atoms with Gasteiger partial charge in [-0.2, -0.15) is 5.10 Å². The van der Waals surface area contributed by atoms with Crippen LogP contribution in [0, 0.1) is 0 Å². The number of nitrogens with zero attached hydrogens (tertiary/aromatic N) is 4. The molecule has 1 rings (SSSR count). The number of aliphatic imine (C=N–C) groups is 1.